The van der Waals surface area contributed by atoms with Crippen LogP contribution in [0.15, 0.2) is 12.0 Å². The number of halogens is 13. The molecule has 0 saturated carbocycles. The third kappa shape index (κ3) is 3.03. The second-order valence-electron chi connectivity index (χ2n) is 2.96. The Kier molecular flexibility index (Phi) is 4.54. The van der Waals surface area contributed by atoms with E-state index in [-0.39, 0.29) is 0 Å². The van der Waals surface area contributed by atoms with Crippen LogP contribution in [0.25, 0.3) is 0 Å². The summed E-state index contributed by atoms with van der Waals surface area (Å²) in [5.74, 6) is -4.37. The molecule has 0 aromatic heterocycles. The van der Waals surface area contributed by atoms with Crippen LogP contribution in [0.3, 0.4) is 0 Å². The lowest BCUT2D eigenvalue weighted by Crippen LogP contribution is -2.63. The van der Waals surface area contributed by atoms with Crippen molar-refractivity contribution in [1.29, 1.82) is 0 Å². The molecule has 0 spiro atoms. The monoisotopic (exact) mass is 333 g/mol. The average Bonchev–Trinajstić information content (AvgIpc) is 2.12. The van der Waals surface area contributed by atoms with Gasteiger partial charge in [-0.1, -0.05) is 0 Å². The summed E-state index contributed by atoms with van der Waals surface area (Å²) < 4.78 is 155. The fraction of sp³-hybridized carbons (Fsp3) is 0.667. The molecular weight excluding hydrogens is 333 g/mol. The molecule has 0 radical (unpaired) electrons. The molecule has 0 aliphatic carbocycles. The van der Waals surface area contributed by atoms with Gasteiger partial charge < -0.3 is 0 Å². The molecule has 14 heteroatoms. The Bertz CT molecular complexity index is 357. The predicted octanol–water partition coefficient (Wildman–Crippen LogP) is 4.63. The molecule has 0 aromatic carbocycles. The fourth-order valence-electron chi connectivity index (χ4n) is 0.761. The van der Waals surface area contributed by atoms with Gasteiger partial charge in [0.15, 0.2) is 0 Å². The van der Waals surface area contributed by atoms with Gasteiger partial charge in [-0.15, -0.1) is 0 Å². The van der Waals surface area contributed by atoms with Crippen molar-refractivity contribution >= 4 is 0 Å². The quantitative estimate of drug-likeness (QED) is 0.538. The Morgan fingerprint density at radius 1 is 0.550 bits per heavy atom. The molecule has 0 fully saturated rings. The lowest BCUT2D eigenvalue weighted by atomic mass is 10.3. The zero-order chi connectivity index (χ0) is 16.7. The molecule has 0 rings (SSSR count). The number of alkyl halides is 10. The van der Waals surface area contributed by atoms with E-state index in [1.807, 2.05) is 0 Å². The van der Waals surface area contributed by atoms with E-state index >= 15 is 0 Å². The molecule has 120 valence electrons. The molecule has 0 atom stereocenters. The summed E-state index contributed by atoms with van der Waals surface area (Å²) in [6.07, 6.45) is -18.6. The van der Waals surface area contributed by atoms with Crippen LogP contribution in [0.5, 0.6) is 0 Å². The van der Waals surface area contributed by atoms with Crippen molar-refractivity contribution in [3.05, 3.63) is 12.0 Å². The molecule has 0 aliphatic rings. The number of nitrogens with zero attached hydrogens (tertiary/aromatic N) is 1. The molecule has 0 saturated heterocycles. The van der Waals surface area contributed by atoms with Crippen LogP contribution in [0.2, 0.25) is 0 Å². The Balaban J connectivity index is 6.25. The maximum Gasteiger partial charge on any atom is 0.475 e. The molecule has 20 heavy (non-hydrogen) atoms. The van der Waals surface area contributed by atoms with Gasteiger partial charge >= 0.3 is 30.5 Å². The maximum atomic E-state index is 12.4. The van der Waals surface area contributed by atoms with Crippen LogP contribution in [-0.2, 0) is 0 Å². The van der Waals surface area contributed by atoms with Gasteiger partial charge in [0.25, 0.3) is 5.95 Å². The Hall–Kier alpha value is -1.37. The van der Waals surface area contributed by atoms with Gasteiger partial charge in [-0.2, -0.15) is 57.1 Å². The normalized spacial score (nSPS) is 14.2. The molecule has 0 bridgehead atoms. The first kappa shape index (κ1) is 18.6. The maximum absolute atomic E-state index is 12.4. The minimum atomic E-state index is -7.25. The average molecular weight is 333 g/mol. The highest BCUT2D eigenvalue weighted by Gasteiger charge is 2.76. The van der Waals surface area contributed by atoms with Crippen molar-refractivity contribution in [2.24, 2.45) is 0 Å². The van der Waals surface area contributed by atoms with Crippen LogP contribution >= 0.6 is 0 Å². The van der Waals surface area contributed by atoms with E-state index in [0.29, 0.717) is 0 Å². The van der Waals surface area contributed by atoms with Gasteiger partial charge in [0, 0.05) is 0 Å². The molecule has 0 unspecified atom stereocenters. The second kappa shape index (κ2) is 4.87. The van der Waals surface area contributed by atoms with Gasteiger partial charge in [-0.3, -0.25) is 0 Å². The smallest absolute Gasteiger partial charge is 0.208 e. The summed E-state index contributed by atoms with van der Waals surface area (Å²) in [6.45, 7) is 0. The van der Waals surface area contributed by atoms with Crippen molar-refractivity contribution < 1.29 is 57.1 Å². The largest absolute Gasteiger partial charge is 0.475 e. The predicted molar refractivity (Wildman–Crippen MR) is 34.2 cm³/mol. The van der Waals surface area contributed by atoms with E-state index in [2.05, 4.69) is 0 Å². The van der Waals surface area contributed by atoms with E-state index in [1.165, 1.54) is 0 Å². The number of hydrogen-bond donors (Lipinski definition) is 0. The van der Waals surface area contributed by atoms with E-state index in [9.17, 15) is 57.1 Å². The lowest BCUT2D eigenvalue weighted by Gasteiger charge is -2.37. The number of rotatable bonds is 3. The highest BCUT2D eigenvalue weighted by atomic mass is 19.4. The highest BCUT2D eigenvalue weighted by molar-refractivity contribution is 5.02. The highest BCUT2D eigenvalue weighted by Crippen LogP contribution is 2.51. The topological polar surface area (TPSA) is 3.24 Å². The summed E-state index contributed by atoms with van der Waals surface area (Å²) in [7, 11) is 0. The van der Waals surface area contributed by atoms with Crippen molar-refractivity contribution in [2.75, 3.05) is 0 Å². The standard InChI is InChI=1S/C6F13N/c7-1(8)2(9)20(5(16,17)3(10,11)12)6(18,19)4(13,14)15. The summed E-state index contributed by atoms with van der Waals surface area (Å²) >= 11 is 0. The van der Waals surface area contributed by atoms with Crippen LogP contribution in [-0.4, -0.2) is 29.3 Å². The van der Waals surface area contributed by atoms with Crippen molar-refractivity contribution in [1.82, 2.24) is 4.90 Å². The first-order chi connectivity index (χ1) is 8.48. The Morgan fingerprint density at radius 3 is 0.950 bits per heavy atom. The summed E-state index contributed by atoms with van der Waals surface area (Å²) in [5, 5.41) is 0. The molecule has 1 nitrogen and oxygen atoms in total. The van der Waals surface area contributed by atoms with Gasteiger partial charge in [0.1, 0.15) is 0 Å². The van der Waals surface area contributed by atoms with Crippen LogP contribution in [0, 0.1) is 0 Å². The van der Waals surface area contributed by atoms with Crippen LogP contribution < -0.4 is 0 Å². The van der Waals surface area contributed by atoms with E-state index in [1.54, 1.807) is 0 Å². The lowest BCUT2D eigenvalue weighted by molar-refractivity contribution is -0.427. The van der Waals surface area contributed by atoms with Crippen molar-refractivity contribution in [3.8, 4) is 0 Å². The minimum absolute atomic E-state index is 3.67. The second-order valence-corrected chi connectivity index (χ2v) is 2.96. The summed E-state index contributed by atoms with van der Waals surface area (Å²) in [4.78, 5) is -3.67. The molecule has 0 amide bonds. The zero-order valence-corrected chi connectivity index (χ0v) is 8.36. The van der Waals surface area contributed by atoms with Gasteiger partial charge in [0.2, 0.25) is 0 Å². The third-order valence-electron chi connectivity index (χ3n) is 1.60. The van der Waals surface area contributed by atoms with Gasteiger partial charge in [0.05, 0.1) is 0 Å². The van der Waals surface area contributed by atoms with Gasteiger partial charge in [-0.25, -0.2) is 4.90 Å². The van der Waals surface area contributed by atoms with E-state index < -0.39 is 41.4 Å². The molecule has 0 aromatic rings. The Labute approximate surface area is 99.8 Å². The van der Waals surface area contributed by atoms with Crippen molar-refractivity contribution in [3.63, 3.8) is 0 Å². The summed E-state index contributed by atoms with van der Waals surface area (Å²) in [5.41, 5.74) is 0. The molecular formula is C6F13N. The Morgan fingerprint density at radius 2 is 0.800 bits per heavy atom. The molecule has 0 N–H and O–H groups in total. The zero-order valence-electron chi connectivity index (χ0n) is 8.36. The summed E-state index contributed by atoms with van der Waals surface area (Å²) in [6, 6.07) is -14.5. The van der Waals surface area contributed by atoms with Crippen LogP contribution in [0.1, 0.15) is 0 Å². The van der Waals surface area contributed by atoms with Crippen molar-refractivity contribution in [2.45, 2.75) is 24.4 Å². The molecule has 0 aliphatic heterocycles. The molecule has 0 heterocycles. The van der Waals surface area contributed by atoms with E-state index in [0.717, 1.165) is 0 Å². The third-order valence-corrected chi connectivity index (χ3v) is 1.60. The van der Waals surface area contributed by atoms with Crippen LogP contribution in [0.4, 0.5) is 57.1 Å². The fourth-order valence-corrected chi connectivity index (χ4v) is 0.761. The van der Waals surface area contributed by atoms with E-state index in [4.69, 9.17) is 0 Å². The SMILES string of the molecule is FC(F)=C(F)N(C(F)(F)C(F)(F)F)C(F)(F)C(F)(F)F. The first-order valence-corrected chi connectivity index (χ1v) is 3.88. The number of hydrogen-bond acceptors (Lipinski definition) is 1. The minimum Gasteiger partial charge on any atom is -0.208 e. The first-order valence-electron chi connectivity index (χ1n) is 3.88. The van der Waals surface area contributed by atoms with Gasteiger partial charge in [-0.05, 0) is 0 Å².